The summed E-state index contributed by atoms with van der Waals surface area (Å²) in [5.74, 6) is 0.486. The van der Waals surface area contributed by atoms with E-state index in [0.717, 1.165) is 25.0 Å². The van der Waals surface area contributed by atoms with Crippen molar-refractivity contribution < 1.29 is 23.9 Å². The van der Waals surface area contributed by atoms with Crippen molar-refractivity contribution in [1.82, 2.24) is 25.4 Å². The zero-order chi connectivity index (χ0) is 30.9. The molecule has 3 amide bonds. The number of rotatable bonds is 11. The maximum atomic E-state index is 12.8. The van der Waals surface area contributed by atoms with Crippen molar-refractivity contribution >= 4 is 35.2 Å². The molecule has 2 fully saturated rings. The number of hydrogen-bond acceptors (Lipinski definition) is 10. The molecule has 4 N–H and O–H groups in total. The van der Waals surface area contributed by atoms with Gasteiger partial charge in [0.2, 0.25) is 5.95 Å². The van der Waals surface area contributed by atoms with Crippen molar-refractivity contribution in [3.63, 3.8) is 0 Å². The number of amides is 3. The van der Waals surface area contributed by atoms with Crippen LogP contribution in [0.4, 0.5) is 17.5 Å². The maximum absolute atomic E-state index is 12.8. The number of piperidine rings is 1. The molecule has 13 nitrogen and oxygen atoms in total. The summed E-state index contributed by atoms with van der Waals surface area (Å²) in [7, 11) is 0. The van der Waals surface area contributed by atoms with Crippen LogP contribution in [0, 0.1) is 5.92 Å². The summed E-state index contributed by atoms with van der Waals surface area (Å²) in [6.45, 7) is 6.67. The molecule has 0 bridgehead atoms. The van der Waals surface area contributed by atoms with Crippen LogP contribution >= 0.6 is 0 Å². The molecule has 2 saturated heterocycles. The van der Waals surface area contributed by atoms with Crippen LogP contribution in [0.15, 0.2) is 48.5 Å². The molecule has 2 aromatic carbocycles. The van der Waals surface area contributed by atoms with Gasteiger partial charge < -0.3 is 35.6 Å². The third kappa shape index (κ3) is 7.78. The van der Waals surface area contributed by atoms with Gasteiger partial charge in [0.05, 0.1) is 19.8 Å². The van der Waals surface area contributed by atoms with E-state index in [4.69, 9.17) is 15.2 Å². The minimum atomic E-state index is -0.762. The lowest BCUT2D eigenvalue weighted by Crippen LogP contribution is -2.42. The number of carbonyl (C=O) groups is 3. The Bertz CT molecular complexity index is 1440. The summed E-state index contributed by atoms with van der Waals surface area (Å²) < 4.78 is 10.9. The van der Waals surface area contributed by atoms with E-state index < -0.39 is 5.91 Å². The first-order valence-electron chi connectivity index (χ1n) is 15.0. The lowest BCUT2D eigenvalue weighted by atomic mass is 9.98. The lowest BCUT2D eigenvalue weighted by molar-refractivity contribution is 0.0303. The zero-order valence-corrected chi connectivity index (χ0v) is 24.8. The summed E-state index contributed by atoms with van der Waals surface area (Å²) in [6.07, 6.45) is 2.74. The number of primary amides is 1. The molecule has 0 radical (unpaired) electrons. The molecule has 3 aromatic rings. The Morgan fingerprint density at radius 2 is 1.73 bits per heavy atom. The van der Waals surface area contributed by atoms with Crippen LogP contribution in [-0.4, -0.2) is 90.3 Å². The highest BCUT2D eigenvalue weighted by Crippen LogP contribution is 2.24. The van der Waals surface area contributed by atoms with Crippen molar-refractivity contribution in [2.75, 3.05) is 62.8 Å². The predicted octanol–water partition coefficient (Wildman–Crippen LogP) is 2.62. The minimum Gasteiger partial charge on any atom is -0.494 e. The number of hydrogen-bond donors (Lipinski definition) is 3. The first kappa shape index (κ1) is 30.7. The average molecular weight is 603 g/mol. The molecule has 0 saturated carbocycles. The van der Waals surface area contributed by atoms with Gasteiger partial charge in [-0.25, -0.2) is 0 Å². The number of nitrogens with zero attached hydrogens (tertiary/aromatic N) is 5. The van der Waals surface area contributed by atoms with Crippen LogP contribution in [0.5, 0.6) is 5.75 Å². The Kier molecular flexibility index (Phi) is 10.2. The summed E-state index contributed by atoms with van der Waals surface area (Å²) in [5.41, 5.74) is 7.22. The van der Waals surface area contributed by atoms with Gasteiger partial charge in [-0.15, -0.1) is 10.2 Å². The van der Waals surface area contributed by atoms with Crippen molar-refractivity contribution in [3.05, 3.63) is 65.4 Å². The van der Waals surface area contributed by atoms with Gasteiger partial charge in [0.15, 0.2) is 11.5 Å². The van der Waals surface area contributed by atoms with E-state index in [1.54, 1.807) is 53.4 Å². The van der Waals surface area contributed by atoms with Gasteiger partial charge in [0, 0.05) is 49.5 Å². The zero-order valence-electron chi connectivity index (χ0n) is 24.8. The fourth-order valence-corrected chi connectivity index (χ4v) is 5.16. The molecule has 3 heterocycles. The van der Waals surface area contributed by atoms with E-state index >= 15 is 0 Å². The topological polar surface area (TPSA) is 165 Å². The van der Waals surface area contributed by atoms with Crippen LogP contribution in [0.25, 0.3) is 0 Å². The number of ether oxygens (including phenoxy) is 2. The molecule has 232 valence electrons. The van der Waals surface area contributed by atoms with E-state index in [1.165, 1.54) is 0 Å². The fourth-order valence-electron chi connectivity index (χ4n) is 5.16. The highest BCUT2D eigenvalue weighted by atomic mass is 16.5. The van der Waals surface area contributed by atoms with Gasteiger partial charge >= 0.3 is 0 Å². The molecule has 0 spiro atoms. The number of nitrogens with two attached hydrogens (primary N) is 1. The van der Waals surface area contributed by atoms with Crippen LogP contribution in [-0.2, 0) is 4.74 Å². The molecular weight excluding hydrogens is 564 g/mol. The Balaban J connectivity index is 1.21. The Hall–Kier alpha value is -4.78. The quantitative estimate of drug-likeness (QED) is 0.297. The minimum absolute atomic E-state index is 0.0607. The van der Waals surface area contributed by atoms with Gasteiger partial charge in [-0.3, -0.25) is 14.4 Å². The molecular formula is C31H38N8O5. The third-order valence-corrected chi connectivity index (χ3v) is 7.54. The van der Waals surface area contributed by atoms with Crippen LogP contribution in [0.2, 0.25) is 0 Å². The Labute approximate surface area is 256 Å². The Morgan fingerprint density at radius 3 is 2.43 bits per heavy atom. The maximum Gasteiger partial charge on any atom is 0.273 e. The van der Waals surface area contributed by atoms with Gasteiger partial charge in [-0.2, -0.15) is 4.98 Å². The standard InChI is InChI=1S/C31H38N8O5/c1-2-16-44-25-11-7-22(8-12-25)29(41)33-19-21-4-3-13-39(20-21)31-35-28(26(27(32)40)36-37-31)34-24-9-5-23(6-10-24)30(42)38-14-17-43-18-15-38/h5-12,21H,2-4,13-20H2,1H3,(H2,32,40)(H,33,41)(H,34,35,37). The molecule has 0 aliphatic carbocycles. The monoisotopic (exact) mass is 602 g/mol. The van der Waals surface area contributed by atoms with Crippen LogP contribution in [0.3, 0.4) is 0 Å². The molecule has 44 heavy (non-hydrogen) atoms. The van der Waals surface area contributed by atoms with E-state index in [9.17, 15) is 14.4 Å². The molecule has 1 aromatic heterocycles. The molecule has 1 atom stereocenters. The number of morpholine rings is 1. The van der Waals surface area contributed by atoms with E-state index in [1.807, 2.05) is 11.8 Å². The SMILES string of the molecule is CCCOc1ccc(C(=O)NCC2CCCN(c3nnc(C(N)=O)c(Nc4ccc(C(=O)N5CCOCC5)cc4)n3)C2)cc1. The van der Waals surface area contributed by atoms with Gasteiger partial charge in [0.1, 0.15) is 5.75 Å². The van der Waals surface area contributed by atoms with Gasteiger partial charge in [-0.05, 0) is 73.7 Å². The highest BCUT2D eigenvalue weighted by Gasteiger charge is 2.25. The van der Waals surface area contributed by atoms with Crippen LogP contribution < -0.4 is 26.0 Å². The summed E-state index contributed by atoms with van der Waals surface area (Å²) in [4.78, 5) is 46.0. The number of anilines is 3. The van der Waals surface area contributed by atoms with Gasteiger partial charge in [-0.1, -0.05) is 6.92 Å². The highest BCUT2D eigenvalue weighted by molar-refractivity contribution is 5.97. The van der Waals surface area contributed by atoms with Gasteiger partial charge in [0.25, 0.3) is 17.7 Å². The smallest absolute Gasteiger partial charge is 0.273 e. The fraction of sp³-hybridized carbons (Fsp3) is 0.419. The first-order valence-corrected chi connectivity index (χ1v) is 15.0. The van der Waals surface area contributed by atoms with Crippen LogP contribution in [0.1, 0.15) is 57.4 Å². The predicted molar refractivity (Wildman–Crippen MR) is 164 cm³/mol. The van der Waals surface area contributed by atoms with Crippen molar-refractivity contribution in [2.45, 2.75) is 26.2 Å². The number of aromatic nitrogens is 3. The van der Waals surface area contributed by atoms with Crippen molar-refractivity contribution in [1.29, 1.82) is 0 Å². The number of nitrogens with one attached hydrogen (secondary N) is 2. The Morgan fingerprint density at radius 1 is 1.00 bits per heavy atom. The first-order chi connectivity index (χ1) is 21.4. The molecule has 13 heteroatoms. The summed E-state index contributed by atoms with van der Waals surface area (Å²) in [5, 5.41) is 14.4. The second kappa shape index (κ2) is 14.6. The lowest BCUT2D eigenvalue weighted by Gasteiger charge is -2.32. The second-order valence-corrected chi connectivity index (χ2v) is 10.8. The average Bonchev–Trinajstić information content (AvgIpc) is 3.07. The normalized spacial score (nSPS) is 16.7. The molecule has 2 aliphatic heterocycles. The molecule has 5 rings (SSSR count). The van der Waals surface area contributed by atoms with E-state index in [-0.39, 0.29) is 29.2 Å². The van der Waals surface area contributed by atoms with E-state index in [2.05, 4.69) is 25.8 Å². The second-order valence-electron chi connectivity index (χ2n) is 10.8. The number of benzene rings is 2. The molecule has 1 unspecified atom stereocenters. The summed E-state index contributed by atoms with van der Waals surface area (Å²) in [6, 6.07) is 14.1. The molecule has 2 aliphatic rings. The summed E-state index contributed by atoms with van der Waals surface area (Å²) >= 11 is 0. The van der Waals surface area contributed by atoms with Crippen molar-refractivity contribution in [3.8, 4) is 5.75 Å². The largest absolute Gasteiger partial charge is 0.494 e. The van der Waals surface area contributed by atoms with E-state index in [0.29, 0.717) is 75.3 Å². The van der Waals surface area contributed by atoms with Crippen molar-refractivity contribution in [2.24, 2.45) is 11.7 Å². The third-order valence-electron chi connectivity index (χ3n) is 7.54. The number of carbonyl (C=O) groups excluding carboxylic acids is 3.